The van der Waals surface area contributed by atoms with Crippen molar-refractivity contribution >= 4 is 0 Å². The van der Waals surface area contributed by atoms with Crippen molar-refractivity contribution in [2.45, 2.75) is 25.7 Å². The van der Waals surface area contributed by atoms with Crippen molar-refractivity contribution < 1.29 is 4.74 Å². The van der Waals surface area contributed by atoms with Crippen LogP contribution in [0.25, 0.3) is 11.1 Å². The number of aryl methyl sites for hydroxylation is 1. The Balaban J connectivity index is 1.86. The van der Waals surface area contributed by atoms with Gasteiger partial charge in [-0.05, 0) is 61.4 Å². The maximum atomic E-state index is 6.05. The molecular formula is C19H23NO. The van der Waals surface area contributed by atoms with Crippen molar-refractivity contribution in [1.29, 1.82) is 0 Å². The van der Waals surface area contributed by atoms with E-state index in [1.807, 2.05) is 6.07 Å². The lowest BCUT2D eigenvalue weighted by Crippen LogP contribution is -2.02. The van der Waals surface area contributed by atoms with Gasteiger partial charge in [0.05, 0.1) is 6.61 Å². The van der Waals surface area contributed by atoms with E-state index in [0.29, 0.717) is 0 Å². The molecule has 0 bridgehead atoms. The Morgan fingerprint density at radius 2 is 1.86 bits per heavy atom. The Morgan fingerprint density at radius 3 is 2.57 bits per heavy atom. The Labute approximate surface area is 126 Å². The quantitative estimate of drug-likeness (QED) is 0.831. The van der Waals surface area contributed by atoms with E-state index in [9.17, 15) is 0 Å². The van der Waals surface area contributed by atoms with Crippen LogP contribution in [0, 0.1) is 5.92 Å². The Morgan fingerprint density at radius 1 is 1.05 bits per heavy atom. The summed E-state index contributed by atoms with van der Waals surface area (Å²) in [4.78, 5) is 0. The van der Waals surface area contributed by atoms with Crippen LogP contribution >= 0.6 is 0 Å². The van der Waals surface area contributed by atoms with Gasteiger partial charge < -0.3 is 10.5 Å². The second-order valence-corrected chi connectivity index (χ2v) is 5.84. The van der Waals surface area contributed by atoms with E-state index in [-0.39, 0.29) is 0 Å². The summed E-state index contributed by atoms with van der Waals surface area (Å²) in [6.45, 7) is 1.59. The predicted octanol–water partition coefficient (Wildman–Crippen LogP) is 4.03. The van der Waals surface area contributed by atoms with Crippen LogP contribution in [0.2, 0.25) is 0 Å². The molecule has 0 spiro atoms. The van der Waals surface area contributed by atoms with Crippen molar-refractivity contribution in [3.05, 3.63) is 54.1 Å². The SMILES string of the molecule is NCCCc1ccc(OCC2CC2)c(-c2ccccc2)c1. The summed E-state index contributed by atoms with van der Waals surface area (Å²) >= 11 is 0. The minimum atomic E-state index is 0.737. The van der Waals surface area contributed by atoms with Gasteiger partial charge in [-0.25, -0.2) is 0 Å². The number of nitrogens with two attached hydrogens (primary N) is 1. The molecule has 0 aromatic heterocycles. The highest BCUT2D eigenvalue weighted by Crippen LogP contribution is 2.34. The number of hydrogen-bond donors (Lipinski definition) is 1. The van der Waals surface area contributed by atoms with Crippen molar-refractivity contribution in [2.24, 2.45) is 11.7 Å². The number of benzene rings is 2. The van der Waals surface area contributed by atoms with E-state index in [2.05, 4.69) is 42.5 Å². The lowest BCUT2D eigenvalue weighted by atomic mass is 10.00. The van der Waals surface area contributed by atoms with Gasteiger partial charge in [0.15, 0.2) is 0 Å². The fourth-order valence-corrected chi connectivity index (χ4v) is 2.50. The van der Waals surface area contributed by atoms with Gasteiger partial charge in [0.25, 0.3) is 0 Å². The monoisotopic (exact) mass is 281 g/mol. The first-order valence-electron chi connectivity index (χ1n) is 7.88. The molecular weight excluding hydrogens is 258 g/mol. The third kappa shape index (κ3) is 3.85. The summed E-state index contributed by atoms with van der Waals surface area (Å²) < 4.78 is 6.05. The first-order chi connectivity index (χ1) is 10.4. The summed E-state index contributed by atoms with van der Waals surface area (Å²) in [6, 6.07) is 17.0. The number of ether oxygens (including phenoxy) is 1. The molecule has 1 saturated carbocycles. The van der Waals surface area contributed by atoms with E-state index in [0.717, 1.165) is 37.7 Å². The maximum Gasteiger partial charge on any atom is 0.127 e. The molecule has 0 amide bonds. The highest BCUT2D eigenvalue weighted by Gasteiger charge is 2.22. The van der Waals surface area contributed by atoms with Crippen LogP contribution in [-0.4, -0.2) is 13.2 Å². The highest BCUT2D eigenvalue weighted by atomic mass is 16.5. The normalized spacial score (nSPS) is 14.1. The highest BCUT2D eigenvalue weighted by molar-refractivity contribution is 5.71. The molecule has 2 aromatic rings. The molecule has 0 unspecified atom stereocenters. The second-order valence-electron chi connectivity index (χ2n) is 5.84. The summed E-state index contributed by atoms with van der Waals surface area (Å²) in [6.07, 6.45) is 4.68. The smallest absolute Gasteiger partial charge is 0.127 e. The van der Waals surface area contributed by atoms with Crippen LogP contribution in [0.15, 0.2) is 48.5 Å². The molecule has 0 heterocycles. The second kappa shape index (κ2) is 6.77. The third-order valence-corrected chi connectivity index (χ3v) is 3.97. The van der Waals surface area contributed by atoms with Crippen LogP contribution in [0.4, 0.5) is 0 Å². The number of rotatable bonds is 7. The molecule has 0 saturated heterocycles. The van der Waals surface area contributed by atoms with E-state index in [4.69, 9.17) is 10.5 Å². The minimum Gasteiger partial charge on any atom is -0.493 e. The molecule has 3 rings (SSSR count). The fraction of sp³-hybridized carbons (Fsp3) is 0.368. The molecule has 0 radical (unpaired) electrons. The Hall–Kier alpha value is -1.80. The average molecular weight is 281 g/mol. The zero-order valence-corrected chi connectivity index (χ0v) is 12.4. The molecule has 1 aliphatic rings. The first kappa shape index (κ1) is 14.2. The first-order valence-corrected chi connectivity index (χ1v) is 7.88. The molecule has 2 heteroatoms. The fourth-order valence-electron chi connectivity index (χ4n) is 2.50. The Bertz CT molecular complexity index is 575. The van der Waals surface area contributed by atoms with Gasteiger partial charge in [0, 0.05) is 5.56 Å². The predicted molar refractivity (Wildman–Crippen MR) is 87.5 cm³/mol. The zero-order valence-electron chi connectivity index (χ0n) is 12.4. The topological polar surface area (TPSA) is 35.2 Å². The van der Waals surface area contributed by atoms with Gasteiger partial charge in [-0.3, -0.25) is 0 Å². The van der Waals surface area contributed by atoms with Crippen LogP contribution in [0.1, 0.15) is 24.8 Å². The molecule has 0 atom stereocenters. The average Bonchev–Trinajstić information content (AvgIpc) is 3.36. The molecule has 0 aliphatic heterocycles. The molecule has 1 aliphatic carbocycles. The van der Waals surface area contributed by atoms with Crippen LogP contribution in [0.3, 0.4) is 0 Å². The molecule has 2 nitrogen and oxygen atoms in total. The Kier molecular flexibility index (Phi) is 4.56. The van der Waals surface area contributed by atoms with Gasteiger partial charge in [-0.1, -0.05) is 36.4 Å². The van der Waals surface area contributed by atoms with Crippen molar-refractivity contribution in [3.8, 4) is 16.9 Å². The van der Waals surface area contributed by atoms with E-state index >= 15 is 0 Å². The standard InChI is InChI=1S/C19H23NO/c20-12-4-5-15-10-11-19(21-14-16-8-9-16)18(13-15)17-6-2-1-3-7-17/h1-3,6-7,10-11,13,16H,4-5,8-9,12,14,20H2. The van der Waals surface area contributed by atoms with Crippen molar-refractivity contribution in [1.82, 2.24) is 0 Å². The summed E-state index contributed by atoms with van der Waals surface area (Å²) in [5.41, 5.74) is 9.37. The number of hydrogen-bond acceptors (Lipinski definition) is 2. The zero-order chi connectivity index (χ0) is 14.5. The maximum absolute atomic E-state index is 6.05. The molecule has 21 heavy (non-hydrogen) atoms. The van der Waals surface area contributed by atoms with Crippen LogP contribution < -0.4 is 10.5 Å². The summed E-state index contributed by atoms with van der Waals surface area (Å²) in [5.74, 6) is 1.77. The van der Waals surface area contributed by atoms with Crippen molar-refractivity contribution in [3.63, 3.8) is 0 Å². The van der Waals surface area contributed by atoms with Gasteiger partial charge in [-0.15, -0.1) is 0 Å². The summed E-state index contributed by atoms with van der Waals surface area (Å²) in [5, 5.41) is 0. The molecule has 2 aromatic carbocycles. The minimum absolute atomic E-state index is 0.737. The summed E-state index contributed by atoms with van der Waals surface area (Å²) in [7, 11) is 0. The van der Waals surface area contributed by atoms with E-state index < -0.39 is 0 Å². The van der Waals surface area contributed by atoms with Gasteiger partial charge >= 0.3 is 0 Å². The van der Waals surface area contributed by atoms with Crippen LogP contribution in [-0.2, 0) is 6.42 Å². The molecule has 2 N–H and O–H groups in total. The third-order valence-electron chi connectivity index (χ3n) is 3.97. The van der Waals surface area contributed by atoms with Gasteiger partial charge in [0.2, 0.25) is 0 Å². The van der Waals surface area contributed by atoms with Gasteiger partial charge in [0.1, 0.15) is 5.75 Å². The molecule has 1 fully saturated rings. The van der Waals surface area contributed by atoms with Gasteiger partial charge in [-0.2, -0.15) is 0 Å². The largest absolute Gasteiger partial charge is 0.493 e. The lowest BCUT2D eigenvalue weighted by molar-refractivity contribution is 0.301. The van der Waals surface area contributed by atoms with E-state index in [1.165, 1.54) is 29.5 Å². The lowest BCUT2D eigenvalue weighted by Gasteiger charge is -2.13. The van der Waals surface area contributed by atoms with Crippen LogP contribution in [0.5, 0.6) is 5.75 Å². The molecule has 110 valence electrons. The van der Waals surface area contributed by atoms with Crippen molar-refractivity contribution in [2.75, 3.05) is 13.2 Å². The van der Waals surface area contributed by atoms with E-state index in [1.54, 1.807) is 0 Å².